The molecule has 0 spiro atoms. The predicted molar refractivity (Wildman–Crippen MR) is 167 cm³/mol. The molecule has 1 atom stereocenters. The molecule has 0 saturated heterocycles. The Labute approximate surface area is 260 Å². The summed E-state index contributed by atoms with van der Waals surface area (Å²) in [5.41, 5.74) is 0.950. The van der Waals surface area contributed by atoms with E-state index in [2.05, 4.69) is 12.2 Å². The Morgan fingerprint density at radius 2 is 1.02 bits per heavy atom. The van der Waals surface area contributed by atoms with Gasteiger partial charge in [-0.05, 0) is 24.1 Å². The summed E-state index contributed by atoms with van der Waals surface area (Å²) in [7, 11) is 0. The van der Waals surface area contributed by atoms with Gasteiger partial charge in [-0.2, -0.15) is 0 Å². The molecule has 0 aliphatic carbocycles. The molecule has 0 bridgehead atoms. The molecule has 44 heavy (non-hydrogen) atoms. The standard InChI is InChI=1S/C32H51N3O9/c1-2-3-4-5-6-7-8-9-10-11-12-13-14-15-28(36)33-26-18-16-25(17-19-26)27(35(23-31(41)42)24-32(43)44)20-34(21-29(37)38)22-30(39)40/h16-19,27H,2-15,20-24H2,1H3,(H,33,36)(H,37,38)(H,39,40)(H,41,42)(H,43,44). The molecule has 0 fully saturated rings. The SMILES string of the molecule is CCCCCCCCCCCCCCCC(=O)Nc1ccc(C(CN(CC(=O)O)CC(=O)O)N(CC(=O)O)CC(=O)O)cc1. The second kappa shape index (κ2) is 22.9. The molecule has 1 unspecified atom stereocenters. The number of benzene rings is 1. The third-order valence-corrected chi connectivity index (χ3v) is 7.35. The molecular formula is C32H51N3O9. The lowest BCUT2D eigenvalue weighted by Crippen LogP contribution is -2.45. The third-order valence-electron chi connectivity index (χ3n) is 7.35. The van der Waals surface area contributed by atoms with Crippen LogP contribution in [0, 0.1) is 0 Å². The maximum absolute atomic E-state index is 12.5. The van der Waals surface area contributed by atoms with E-state index in [-0.39, 0.29) is 12.5 Å². The number of unbranched alkanes of at least 4 members (excludes halogenated alkanes) is 12. The second-order valence-electron chi connectivity index (χ2n) is 11.3. The van der Waals surface area contributed by atoms with E-state index in [1.54, 1.807) is 24.3 Å². The first-order chi connectivity index (χ1) is 21.0. The van der Waals surface area contributed by atoms with Crippen LogP contribution >= 0.6 is 0 Å². The number of carboxylic acid groups (broad SMARTS) is 4. The Morgan fingerprint density at radius 1 is 0.614 bits per heavy atom. The van der Waals surface area contributed by atoms with Crippen molar-refractivity contribution in [3.8, 4) is 0 Å². The first kappa shape index (κ1) is 38.5. The van der Waals surface area contributed by atoms with E-state index in [9.17, 15) is 44.4 Å². The number of carbonyl (C=O) groups is 5. The van der Waals surface area contributed by atoms with Gasteiger partial charge in [0.1, 0.15) is 0 Å². The molecule has 1 aromatic carbocycles. The van der Waals surface area contributed by atoms with Crippen LogP contribution in [0.1, 0.15) is 108 Å². The van der Waals surface area contributed by atoms with Gasteiger partial charge in [-0.1, -0.05) is 96.1 Å². The molecule has 0 aromatic heterocycles. The number of amides is 1. The Morgan fingerprint density at radius 3 is 1.43 bits per heavy atom. The molecule has 0 heterocycles. The average Bonchev–Trinajstić information content (AvgIpc) is 2.93. The minimum absolute atomic E-state index is 0.134. The van der Waals surface area contributed by atoms with Gasteiger partial charge in [-0.3, -0.25) is 33.8 Å². The van der Waals surface area contributed by atoms with Gasteiger partial charge in [0.05, 0.1) is 26.2 Å². The van der Waals surface area contributed by atoms with Crippen molar-refractivity contribution in [3.63, 3.8) is 0 Å². The van der Waals surface area contributed by atoms with Gasteiger partial charge in [0.15, 0.2) is 0 Å². The largest absolute Gasteiger partial charge is 0.480 e. The third kappa shape index (κ3) is 18.9. The average molecular weight is 622 g/mol. The smallest absolute Gasteiger partial charge is 0.317 e. The summed E-state index contributed by atoms with van der Waals surface area (Å²) >= 11 is 0. The Bertz CT molecular complexity index is 985. The molecular weight excluding hydrogens is 570 g/mol. The van der Waals surface area contributed by atoms with Crippen molar-refractivity contribution >= 4 is 35.5 Å². The molecule has 1 amide bonds. The van der Waals surface area contributed by atoms with E-state index in [1.807, 2.05) is 0 Å². The van der Waals surface area contributed by atoms with E-state index in [0.29, 0.717) is 17.7 Å². The van der Waals surface area contributed by atoms with E-state index in [1.165, 1.54) is 64.2 Å². The highest BCUT2D eigenvalue weighted by Gasteiger charge is 2.28. The highest BCUT2D eigenvalue weighted by Crippen LogP contribution is 2.24. The molecule has 1 rings (SSSR count). The number of aliphatic carboxylic acids is 4. The lowest BCUT2D eigenvalue weighted by atomic mass is 10.0. The maximum Gasteiger partial charge on any atom is 0.317 e. The van der Waals surface area contributed by atoms with Gasteiger partial charge in [0.2, 0.25) is 5.91 Å². The zero-order chi connectivity index (χ0) is 32.7. The fourth-order valence-electron chi connectivity index (χ4n) is 5.18. The number of nitrogens with one attached hydrogen (secondary N) is 1. The Hall–Kier alpha value is -3.51. The fourth-order valence-corrected chi connectivity index (χ4v) is 5.18. The molecule has 12 heteroatoms. The van der Waals surface area contributed by atoms with Gasteiger partial charge in [0, 0.05) is 24.7 Å². The van der Waals surface area contributed by atoms with E-state index in [4.69, 9.17) is 0 Å². The number of anilines is 1. The van der Waals surface area contributed by atoms with E-state index in [0.717, 1.165) is 29.1 Å². The quantitative estimate of drug-likeness (QED) is 0.0824. The summed E-state index contributed by atoms with van der Waals surface area (Å²) in [6.45, 7) is -0.613. The summed E-state index contributed by atoms with van der Waals surface area (Å²) in [5, 5.41) is 40.0. The first-order valence-electron chi connectivity index (χ1n) is 15.7. The van der Waals surface area contributed by atoms with E-state index < -0.39 is 56.1 Å². The van der Waals surface area contributed by atoms with Crippen molar-refractivity contribution in [2.24, 2.45) is 0 Å². The summed E-state index contributed by atoms with van der Waals surface area (Å²) in [6.07, 6.45) is 16.2. The van der Waals surface area contributed by atoms with Crippen LogP contribution in [0.3, 0.4) is 0 Å². The number of carbonyl (C=O) groups excluding carboxylic acids is 1. The summed E-state index contributed by atoms with van der Waals surface area (Å²) in [5.74, 6) is -5.29. The van der Waals surface area contributed by atoms with Gasteiger partial charge < -0.3 is 25.7 Å². The number of nitrogens with zero attached hydrogens (tertiary/aromatic N) is 2. The van der Waals surface area contributed by atoms with Crippen LogP contribution in [0.4, 0.5) is 5.69 Å². The zero-order valence-corrected chi connectivity index (χ0v) is 26.0. The fraction of sp³-hybridized carbons (Fsp3) is 0.656. The highest BCUT2D eigenvalue weighted by atomic mass is 16.4. The molecule has 12 nitrogen and oxygen atoms in total. The number of hydrogen-bond acceptors (Lipinski definition) is 7. The van der Waals surface area contributed by atoms with Crippen LogP contribution in [0.2, 0.25) is 0 Å². The number of carboxylic acids is 4. The monoisotopic (exact) mass is 621 g/mol. The summed E-state index contributed by atoms with van der Waals surface area (Å²) in [4.78, 5) is 60.3. The maximum atomic E-state index is 12.5. The van der Waals surface area contributed by atoms with Crippen LogP contribution in [0.5, 0.6) is 0 Å². The predicted octanol–water partition coefficient (Wildman–Crippen LogP) is 5.09. The minimum Gasteiger partial charge on any atom is -0.480 e. The van der Waals surface area contributed by atoms with Crippen molar-refractivity contribution in [3.05, 3.63) is 29.8 Å². The lowest BCUT2D eigenvalue weighted by molar-refractivity contribution is -0.146. The number of rotatable bonds is 27. The lowest BCUT2D eigenvalue weighted by Gasteiger charge is -2.33. The van der Waals surface area contributed by atoms with Crippen LogP contribution in [-0.2, 0) is 24.0 Å². The summed E-state index contributed by atoms with van der Waals surface area (Å²) < 4.78 is 0. The van der Waals surface area contributed by atoms with Crippen LogP contribution in [-0.4, -0.2) is 92.7 Å². The molecule has 248 valence electrons. The van der Waals surface area contributed by atoms with Gasteiger partial charge >= 0.3 is 23.9 Å². The molecule has 0 saturated carbocycles. The molecule has 1 aromatic rings. The zero-order valence-electron chi connectivity index (χ0n) is 26.0. The van der Waals surface area contributed by atoms with Crippen LogP contribution in [0.15, 0.2) is 24.3 Å². The van der Waals surface area contributed by atoms with Crippen LogP contribution < -0.4 is 5.32 Å². The van der Waals surface area contributed by atoms with Crippen LogP contribution in [0.25, 0.3) is 0 Å². The summed E-state index contributed by atoms with van der Waals surface area (Å²) in [6, 6.07) is 5.42. The Kier molecular flexibility index (Phi) is 20.1. The second-order valence-corrected chi connectivity index (χ2v) is 11.3. The molecule has 5 N–H and O–H groups in total. The van der Waals surface area contributed by atoms with Gasteiger partial charge in [-0.15, -0.1) is 0 Å². The topological polar surface area (TPSA) is 185 Å². The van der Waals surface area contributed by atoms with Gasteiger partial charge in [-0.25, -0.2) is 0 Å². The highest BCUT2D eigenvalue weighted by molar-refractivity contribution is 5.90. The van der Waals surface area contributed by atoms with Crippen molar-refractivity contribution in [2.75, 3.05) is 38.0 Å². The van der Waals surface area contributed by atoms with E-state index >= 15 is 0 Å². The Balaban J connectivity index is 2.65. The van der Waals surface area contributed by atoms with Gasteiger partial charge in [0.25, 0.3) is 0 Å². The van der Waals surface area contributed by atoms with Crippen molar-refractivity contribution in [2.45, 2.75) is 103 Å². The number of hydrogen-bond donors (Lipinski definition) is 5. The van der Waals surface area contributed by atoms with Crippen molar-refractivity contribution in [1.29, 1.82) is 0 Å². The van der Waals surface area contributed by atoms with Crippen molar-refractivity contribution in [1.82, 2.24) is 9.80 Å². The molecule has 0 aliphatic rings. The first-order valence-corrected chi connectivity index (χ1v) is 15.7. The molecule has 0 radical (unpaired) electrons. The van der Waals surface area contributed by atoms with Crippen molar-refractivity contribution < 1.29 is 44.4 Å². The normalized spacial score (nSPS) is 11.9. The minimum atomic E-state index is -1.30. The molecule has 0 aliphatic heterocycles.